The van der Waals surface area contributed by atoms with Gasteiger partial charge >= 0.3 is 5.97 Å². The summed E-state index contributed by atoms with van der Waals surface area (Å²) < 4.78 is 1.52. The van der Waals surface area contributed by atoms with Gasteiger partial charge in [-0.3, -0.25) is 9.59 Å². The Balaban J connectivity index is 1.66. The van der Waals surface area contributed by atoms with Gasteiger partial charge < -0.3 is 14.6 Å². The lowest BCUT2D eigenvalue weighted by atomic mass is 9.84. The lowest BCUT2D eigenvalue weighted by molar-refractivity contribution is -0.141. The van der Waals surface area contributed by atoms with Crippen molar-refractivity contribution in [2.75, 3.05) is 0 Å². The number of amides is 1. The van der Waals surface area contributed by atoms with Gasteiger partial charge in [-0.15, -0.1) is 0 Å². The first-order valence-corrected chi connectivity index (χ1v) is 10.3. The van der Waals surface area contributed by atoms with Crippen LogP contribution in [0.3, 0.4) is 0 Å². The van der Waals surface area contributed by atoms with Gasteiger partial charge in [0.05, 0.1) is 6.54 Å². The van der Waals surface area contributed by atoms with E-state index < -0.39 is 17.9 Å². The molecule has 2 aromatic rings. The van der Waals surface area contributed by atoms with Crippen LogP contribution < -0.4 is 5.56 Å². The number of benzene rings is 1. The van der Waals surface area contributed by atoms with Gasteiger partial charge in [0.1, 0.15) is 11.6 Å². The van der Waals surface area contributed by atoms with Crippen molar-refractivity contribution < 1.29 is 14.7 Å². The number of carbonyl (C=O) groups excluding carboxylic acids is 1. The third-order valence-corrected chi connectivity index (χ3v) is 6.29. The molecular weight excluding hydrogens is 368 g/mol. The standard InChI is InChI=1S/C23H26N2O4/c1-15-6-4-7-16(12-15)14-24-11-5-9-18(21(24)26)22(27)25-19-10-3-2-8-17(19)13-20(25)23(28)29/h4-7,9,11-12,17,19-20H,2-3,8,10,13-14H2,1H3,(H,28,29)/t17-,19-,20+/m1/s1. The second-order valence-corrected chi connectivity index (χ2v) is 8.26. The Hall–Kier alpha value is -2.89. The molecule has 6 nitrogen and oxygen atoms in total. The first-order valence-electron chi connectivity index (χ1n) is 10.3. The minimum Gasteiger partial charge on any atom is -0.480 e. The molecule has 0 unspecified atom stereocenters. The molecule has 0 radical (unpaired) electrons. The van der Waals surface area contributed by atoms with Crippen molar-refractivity contribution in [1.29, 1.82) is 0 Å². The molecular formula is C23H26N2O4. The molecule has 1 amide bonds. The second-order valence-electron chi connectivity index (χ2n) is 8.26. The van der Waals surface area contributed by atoms with Crippen molar-refractivity contribution in [2.24, 2.45) is 5.92 Å². The van der Waals surface area contributed by atoms with Crippen LogP contribution in [0, 0.1) is 12.8 Å². The highest BCUT2D eigenvalue weighted by molar-refractivity contribution is 5.97. The molecule has 1 saturated carbocycles. The maximum absolute atomic E-state index is 13.3. The third-order valence-electron chi connectivity index (χ3n) is 6.29. The van der Waals surface area contributed by atoms with E-state index in [0.717, 1.165) is 36.8 Å². The van der Waals surface area contributed by atoms with Crippen LogP contribution in [-0.4, -0.2) is 38.5 Å². The number of carboxylic acids is 1. The lowest BCUT2D eigenvalue weighted by Gasteiger charge is -2.33. The molecule has 1 saturated heterocycles. The number of aromatic nitrogens is 1. The zero-order valence-electron chi connectivity index (χ0n) is 16.6. The highest BCUT2D eigenvalue weighted by atomic mass is 16.4. The fourth-order valence-corrected chi connectivity index (χ4v) is 4.94. The molecule has 3 atom stereocenters. The zero-order chi connectivity index (χ0) is 20.5. The molecule has 4 rings (SSSR count). The number of aryl methyl sites for hydroxylation is 1. The Labute approximate surface area is 169 Å². The topological polar surface area (TPSA) is 79.6 Å². The lowest BCUT2D eigenvalue weighted by Crippen LogP contribution is -2.48. The average Bonchev–Trinajstić information content (AvgIpc) is 3.09. The van der Waals surface area contributed by atoms with Gasteiger partial charge in [0.2, 0.25) is 0 Å². The molecule has 0 bridgehead atoms. The van der Waals surface area contributed by atoms with E-state index in [1.165, 1.54) is 15.5 Å². The van der Waals surface area contributed by atoms with E-state index in [1.54, 1.807) is 12.3 Å². The van der Waals surface area contributed by atoms with Crippen LogP contribution in [0.5, 0.6) is 0 Å². The highest BCUT2D eigenvalue weighted by Crippen LogP contribution is 2.40. The minimum atomic E-state index is -0.983. The molecule has 1 aliphatic carbocycles. The van der Waals surface area contributed by atoms with E-state index in [4.69, 9.17) is 0 Å². The van der Waals surface area contributed by atoms with Crippen LogP contribution in [0.2, 0.25) is 0 Å². The SMILES string of the molecule is Cc1cccc(Cn2cccc(C(=O)N3[C@@H]4CCCC[C@@H]4C[C@H]3C(=O)O)c2=O)c1. The summed E-state index contributed by atoms with van der Waals surface area (Å²) in [5.41, 5.74) is 1.76. The second kappa shape index (κ2) is 7.85. The Bertz CT molecular complexity index is 996. The van der Waals surface area contributed by atoms with Crippen molar-refractivity contribution in [2.45, 2.75) is 57.7 Å². The van der Waals surface area contributed by atoms with Crippen LogP contribution in [-0.2, 0) is 11.3 Å². The third kappa shape index (κ3) is 3.71. The number of likely N-dealkylation sites (tertiary alicyclic amines) is 1. The summed E-state index contributed by atoms with van der Waals surface area (Å²) in [5.74, 6) is -1.22. The van der Waals surface area contributed by atoms with Crippen LogP contribution in [0.15, 0.2) is 47.4 Å². The molecule has 29 heavy (non-hydrogen) atoms. The van der Waals surface area contributed by atoms with E-state index in [9.17, 15) is 19.5 Å². The van der Waals surface area contributed by atoms with Crippen LogP contribution in [0.25, 0.3) is 0 Å². The van der Waals surface area contributed by atoms with E-state index in [2.05, 4.69) is 0 Å². The van der Waals surface area contributed by atoms with Crippen LogP contribution in [0.4, 0.5) is 0 Å². The molecule has 1 N–H and O–H groups in total. The van der Waals surface area contributed by atoms with Gasteiger partial charge in [0.25, 0.3) is 11.5 Å². The quantitative estimate of drug-likeness (QED) is 0.864. The molecule has 2 heterocycles. The van der Waals surface area contributed by atoms with Crippen molar-refractivity contribution in [1.82, 2.24) is 9.47 Å². The van der Waals surface area contributed by atoms with E-state index in [0.29, 0.717) is 13.0 Å². The maximum Gasteiger partial charge on any atom is 0.326 e. The van der Waals surface area contributed by atoms with E-state index in [1.807, 2.05) is 31.2 Å². The number of hydrogen-bond acceptors (Lipinski definition) is 3. The summed E-state index contributed by atoms with van der Waals surface area (Å²) in [6, 6.07) is 10.2. The largest absolute Gasteiger partial charge is 0.480 e. The molecule has 1 aliphatic heterocycles. The number of fused-ring (bicyclic) bond motifs is 1. The van der Waals surface area contributed by atoms with Crippen molar-refractivity contribution >= 4 is 11.9 Å². The molecule has 0 spiro atoms. The number of nitrogens with zero attached hydrogens (tertiary/aromatic N) is 2. The van der Waals surface area contributed by atoms with Crippen molar-refractivity contribution in [3.63, 3.8) is 0 Å². The summed E-state index contributed by atoms with van der Waals surface area (Å²) >= 11 is 0. The van der Waals surface area contributed by atoms with E-state index >= 15 is 0 Å². The predicted molar refractivity (Wildman–Crippen MR) is 109 cm³/mol. The van der Waals surface area contributed by atoms with E-state index in [-0.39, 0.29) is 23.1 Å². The molecule has 1 aromatic carbocycles. The van der Waals surface area contributed by atoms with Gasteiger partial charge in [0.15, 0.2) is 0 Å². The Morgan fingerprint density at radius 3 is 2.69 bits per heavy atom. The number of pyridine rings is 1. The minimum absolute atomic E-state index is 0.0534. The van der Waals surface area contributed by atoms with Crippen LogP contribution >= 0.6 is 0 Å². The smallest absolute Gasteiger partial charge is 0.326 e. The van der Waals surface area contributed by atoms with Crippen LogP contribution in [0.1, 0.15) is 53.6 Å². The van der Waals surface area contributed by atoms with Gasteiger partial charge in [-0.25, -0.2) is 4.79 Å². The summed E-state index contributed by atoms with van der Waals surface area (Å²) in [4.78, 5) is 39.7. The average molecular weight is 394 g/mol. The van der Waals surface area contributed by atoms with Gasteiger partial charge in [-0.1, -0.05) is 42.7 Å². The summed E-state index contributed by atoms with van der Waals surface area (Å²) in [7, 11) is 0. The fourth-order valence-electron chi connectivity index (χ4n) is 4.94. The van der Waals surface area contributed by atoms with Crippen molar-refractivity contribution in [3.05, 3.63) is 69.6 Å². The molecule has 152 valence electrons. The monoisotopic (exact) mass is 394 g/mol. The maximum atomic E-state index is 13.3. The first kappa shape index (κ1) is 19.4. The number of carboxylic acid groups (broad SMARTS) is 1. The molecule has 6 heteroatoms. The highest BCUT2D eigenvalue weighted by Gasteiger charge is 2.48. The first-order chi connectivity index (χ1) is 14.0. The Morgan fingerprint density at radius 2 is 1.93 bits per heavy atom. The predicted octanol–water partition coefficient (Wildman–Crippen LogP) is 3.06. The van der Waals surface area contributed by atoms with Gasteiger partial charge in [0, 0.05) is 12.2 Å². The normalized spacial score (nSPS) is 23.6. The molecule has 2 aliphatic rings. The molecule has 1 aromatic heterocycles. The summed E-state index contributed by atoms with van der Waals surface area (Å²) in [6.45, 7) is 2.36. The fraction of sp³-hybridized carbons (Fsp3) is 0.435. The number of carbonyl (C=O) groups is 2. The van der Waals surface area contributed by atoms with Gasteiger partial charge in [-0.2, -0.15) is 0 Å². The summed E-state index contributed by atoms with van der Waals surface area (Å²) in [6.07, 6.45) is 5.97. The van der Waals surface area contributed by atoms with Gasteiger partial charge in [-0.05, 0) is 49.8 Å². The Morgan fingerprint density at radius 1 is 1.14 bits per heavy atom. The summed E-state index contributed by atoms with van der Waals surface area (Å²) in [5, 5.41) is 9.69. The molecule has 2 fully saturated rings. The Kier molecular flexibility index (Phi) is 5.26. The van der Waals surface area contributed by atoms with Crippen molar-refractivity contribution in [3.8, 4) is 0 Å². The number of aliphatic carboxylic acids is 1. The zero-order valence-corrected chi connectivity index (χ0v) is 16.6. The number of rotatable bonds is 4. The number of hydrogen-bond donors (Lipinski definition) is 1.